The second-order valence-electron chi connectivity index (χ2n) is 3.27. The summed E-state index contributed by atoms with van der Waals surface area (Å²) in [4.78, 5) is 10.5. The van der Waals surface area contributed by atoms with Gasteiger partial charge in [-0.25, -0.2) is 4.99 Å². The molecule has 5 heteroatoms. The van der Waals surface area contributed by atoms with Crippen LogP contribution in [0.4, 0.5) is 0 Å². The Morgan fingerprint density at radius 2 is 2.36 bits per heavy atom. The summed E-state index contributed by atoms with van der Waals surface area (Å²) in [5.74, 6) is 1.47. The molecule has 0 saturated heterocycles. The Morgan fingerprint density at radius 3 is 2.93 bits per heavy atom. The molecule has 1 aliphatic rings. The third-order valence-corrected chi connectivity index (χ3v) is 1.68. The minimum absolute atomic E-state index is 0.0530. The molecule has 1 aliphatic heterocycles. The van der Waals surface area contributed by atoms with Gasteiger partial charge in [-0.3, -0.25) is 0 Å². The maximum Gasteiger partial charge on any atom is 0.225 e. The van der Waals surface area contributed by atoms with Crippen molar-refractivity contribution in [1.82, 2.24) is 15.5 Å². The van der Waals surface area contributed by atoms with Crippen molar-refractivity contribution in [3.63, 3.8) is 0 Å². The van der Waals surface area contributed by atoms with Gasteiger partial charge in [0.25, 0.3) is 0 Å². The third-order valence-electron chi connectivity index (χ3n) is 1.68. The van der Waals surface area contributed by atoms with E-state index in [1.807, 2.05) is 25.9 Å². The number of aliphatic imine (C=N–C) groups is 2. The van der Waals surface area contributed by atoms with Crippen LogP contribution < -0.4 is 10.6 Å². The average Bonchev–Trinajstić information content (AvgIpc) is 2.14. The molecule has 1 rings (SSSR count). The van der Waals surface area contributed by atoms with Crippen LogP contribution in [0.15, 0.2) is 22.6 Å². The Balaban J connectivity index is 2.68. The van der Waals surface area contributed by atoms with E-state index in [0.29, 0.717) is 6.54 Å². The highest BCUT2D eigenvalue weighted by Crippen LogP contribution is 1.97. The number of hydrogen-bond acceptors (Lipinski definition) is 5. The molecule has 0 radical (unpaired) electrons. The number of hydrogen-bond donors (Lipinski definition) is 2. The topological polar surface area (TPSA) is 52.0 Å². The van der Waals surface area contributed by atoms with Gasteiger partial charge in [0.15, 0.2) is 0 Å². The maximum absolute atomic E-state index is 4.32. The molecular weight excluding hydrogens is 178 g/mol. The zero-order valence-corrected chi connectivity index (χ0v) is 8.91. The van der Waals surface area contributed by atoms with Gasteiger partial charge in [-0.15, -0.1) is 6.58 Å². The summed E-state index contributed by atoms with van der Waals surface area (Å²) in [5, 5.41) is 6.21. The Bertz CT molecular complexity index is 266. The Morgan fingerprint density at radius 1 is 1.64 bits per heavy atom. The molecule has 0 bridgehead atoms. The first kappa shape index (κ1) is 10.6. The van der Waals surface area contributed by atoms with Crippen molar-refractivity contribution in [3.8, 4) is 0 Å². The highest BCUT2D eigenvalue weighted by molar-refractivity contribution is 5.96. The molecule has 0 fully saturated rings. The van der Waals surface area contributed by atoms with E-state index in [2.05, 4.69) is 27.2 Å². The van der Waals surface area contributed by atoms with Crippen LogP contribution in [0.1, 0.15) is 6.92 Å². The summed E-state index contributed by atoms with van der Waals surface area (Å²) >= 11 is 0. The lowest BCUT2D eigenvalue weighted by Gasteiger charge is -2.23. The highest BCUT2D eigenvalue weighted by Gasteiger charge is 2.13. The lowest BCUT2D eigenvalue weighted by Crippen LogP contribution is -2.46. The molecule has 2 N–H and O–H groups in total. The molecule has 0 aliphatic carbocycles. The Hall–Kier alpha value is -1.52. The molecule has 78 valence electrons. The molecule has 1 heterocycles. The van der Waals surface area contributed by atoms with E-state index >= 15 is 0 Å². The number of nitrogens with one attached hydrogen (secondary N) is 2. The molecule has 0 amide bonds. The van der Waals surface area contributed by atoms with Gasteiger partial charge in [-0.2, -0.15) is 4.99 Å². The van der Waals surface area contributed by atoms with Crippen LogP contribution in [-0.2, 0) is 0 Å². The molecule has 5 nitrogen and oxygen atoms in total. The van der Waals surface area contributed by atoms with Gasteiger partial charge in [-0.1, -0.05) is 6.08 Å². The largest absolute Gasteiger partial charge is 0.352 e. The summed E-state index contributed by atoms with van der Waals surface area (Å²) in [6, 6.07) is 0. The molecule has 0 saturated carbocycles. The van der Waals surface area contributed by atoms with Crippen LogP contribution in [0.2, 0.25) is 0 Å². The Labute approximate surface area is 84.6 Å². The third kappa shape index (κ3) is 2.76. The summed E-state index contributed by atoms with van der Waals surface area (Å²) < 4.78 is 0. The molecule has 1 unspecified atom stereocenters. The molecule has 0 aromatic rings. The lowest BCUT2D eigenvalue weighted by molar-refractivity contribution is 0.575. The monoisotopic (exact) mass is 195 g/mol. The van der Waals surface area contributed by atoms with Crippen molar-refractivity contribution in [2.24, 2.45) is 9.98 Å². The van der Waals surface area contributed by atoms with Crippen molar-refractivity contribution < 1.29 is 0 Å². The SMILES string of the molecule is C=CCNC1=NC(N(C)C)=NC(C)N1. The number of guanidine groups is 2. The second-order valence-corrected chi connectivity index (χ2v) is 3.27. The molecule has 0 aromatic carbocycles. The van der Waals surface area contributed by atoms with Gasteiger partial charge in [-0.05, 0) is 6.92 Å². The summed E-state index contributed by atoms with van der Waals surface area (Å²) in [6.07, 6.45) is 1.84. The fraction of sp³-hybridized carbons (Fsp3) is 0.556. The van der Waals surface area contributed by atoms with Crippen LogP contribution >= 0.6 is 0 Å². The smallest absolute Gasteiger partial charge is 0.225 e. The van der Waals surface area contributed by atoms with E-state index in [1.165, 1.54) is 0 Å². The minimum Gasteiger partial charge on any atom is -0.352 e. The Kier molecular flexibility index (Phi) is 3.50. The summed E-state index contributed by atoms with van der Waals surface area (Å²) in [5.41, 5.74) is 0. The fourth-order valence-electron chi connectivity index (χ4n) is 1.04. The van der Waals surface area contributed by atoms with Crippen molar-refractivity contribution in [2.45, 2.75) is 13.1 Å². The number of rotatable bonds is 2. The second kappa shape index (κ2) is 4.64. The van der Waals surface area contributed by atoms with Gasteiger partial charge in [0, 0.05) is 20.6 Å². The first-order valence-corrected chi connectivity index (χ1v) is 4.58. The van der Waals surface area contributed by atoms with E-state index in [-0.39, 0.29) is 6.17 Å². The zero-order chi connectivity index (χ0) is 10.6. The minimum atomic E-state index is 0.0530. The normalized spacial score (nSPS) is 20.4. The lowest BCUT2D eigenvalue weighted by atomic mass is 10.5. The average molecular weight is 195 g/mol. The van der Waals surface area contributed by atoms with E-state index < -0.39 is 0 Å². The molecule has 1 atom stereocenters. The predicted octanol–water partition coefficient (Wildman–Crippen LogP) is -0.0152. The van der Waals surface area contributed by atoms with Crippen molar-refractivity contribution >= 4 is 11.9 Å². The van der Waals surface area contributed by atoms with Crippen molar-refractivity contribution in [3.05, 3.63) is 12.7 Å². The fourth-order valence-corrected chi connectivity index (χ4v) is 1.04. The van der Waals surface area contributed by atoms with Crippen LogP contribution in [0.25, 0.3) is 0 Å². The van der Waals surface area contributed by atoms with Crippen molar-refractivity contribution in [2.75, 3.05) is 20.6 Å². The quantitative estimate of drug-likeness (QED) is 0.609. The van der Waals surface area contributed by atoms with Gasteiger partial charge < -0.3 is 15.5 Å². The van der Waals surface area contributed by atoms with E-state index in [1.54, 1.807) is 6.08 Å². The van der Waals surface area contributed by atoms with E-state index in [0.717, 1.165) is 11.9 Å². The van der Waals surface area contributed by atoms with E-state index in [9.17, 15) is 0 Å². The predicted molar refractivity (Wildman–Crippen MR) is 59.4 cm³/mol. The molecule has 0 aromatic heterocycles. The first-order valence-electron chi connectivity index (χ1n) is 4.58. The van der Waals surface area contributed by atoms with Gasteiger partial charge in [0.1, 0.15) is 6.17 Å². The van der Waals surface area contributed by atoms with Crippen LogP contribution in [0, 0.1) is 0 Å². The van der Waals surface area contributed by atoms with Crippen LogP contribution in [0.5, 0.6) is 0 Å². The van der Waals surface area contributed by atoms with Crippen LogP contribution in [-0.4, -0.2) is 43.6 Å². The summed E-state index contributed by atoms with van der Waals surface area (Å²) in [7, 11) is 3.84. The first-order chi connectivity index (χ1) is 6.63. The van der Waals surface area contributed by atoms with Gasteiger partial charge in [0.2, 0.25) is 11.9 Å². The van der Waals surface area contributed by atoms with Crippen LogP contribution in [0.3, 0.4) is 0 Å². The van der Waals surface area contributed by atoms with Crippen molar-refractivity contribution in [1.29, 1.82) is 0 Å². The van der Waals surface area contributed by atoms with Gasteiger partial charge >= 0.3 is 0 Å². The highest BCUT2D eigenvalue weighted by atomic mass is 15.4. The van der Waals surface area contributed by atoms with Gasteiger partial charge in [0.05, 0.1) is 0 Å². The standard InChI is InChI=1S/C9H17N5/c1-5-6-10-8-11-7(2)12-9(13-8)14(3)4/h5,7H,1,6H2,2-4H3,(H2,10,11,12,13). The zero-order valence-electron chi connectivity index (χ0n) is 8.91. The molecular formula is C9H17N5. The molecule has 14 heavy (non-hydrogen) atoms. The maximum atomic E-state index is 4.32. The number of nitrogens with zero attached hydrogens (tertiary/aromatic N) is 3. The molecule has 0 spiro atoms. The van der Waals surface area contributed by atoms with E-state index in [4.69, 9.17) is 0 Å². The summed E-state index contributed by atoms with van der Waals surface area (Å²) in [6.45, 7) is 6.31.